The lowest BCUT2D eigenvalue weighted by molar-refractivity contribution is 0.853. The van der Waals surface area contributed by atoms with Crippen molar-refractivity contribution in [2.24, 2.45) is 10.1 Å². The average molecular weight is 463 g/mol. The Labute approximate surface area is 182 Å². The van der Waals surface area contributed by atoms with Crippen molar-refractivity contribution in [3.8, 4) is 11.3 Å². The highest BCUT2D eigenvalue weighted by Crippen LogP contribution is 2.25. The zero-order chi connectivity index (χ0) is 20.2. The van der Waals surface area contributed by atoms with Crippen molar-refractivity contribution in [2.45, 2.75) is 13.8 Å². The van der Waals surface area contributed by atoms with Crippen molar-refractivity contribution in [1.29, 1.82) is 0 Å². The predicted octanol–water partition coefficient (Wildman–Crippen LogP) is 6.11. The first-order valence-electron chi connectivity index (χ1n) is 9.14. The van der Waals surface area contributed by atoms with Crippen molar-refractivity contribution < 1.29 is 0 Å². The fourth-order valence-electron chi connectivity index (χ4n) is 2.85. The number of benzene rings is 2. The summed E-state index contributed by atoms with van der Waals surface area (Å²) >= 11 is 5.13. The zero-order valence-corrected chi connectivity index (χ0v) is 18.5. The van der Waals surface area contributed by atoms with Gasteiger partial charge in [-0.3, -0.25) is 4.98 Å². The second-order valence-electron chi connectivity index (χ2n) is 6.63. The lowest BCUT2D eigenvalue weighted by Gasteiger charge is -2.05. The summed E-state index contributed by atoms with van der Waals surface area (Å²) in [5.41, 5.74) is 6.11. The van der Waals surface area contributed by atoms with E-state index in [9.17, 15) is 0 Å². The Morgan fingerprint density at radius 3 is 2.72 bits per heavy atom. The van der Waals surface area contributed by atoms with Crippen molar-refractivity contribution >= 4 is 39.2 Å². The molecule has 0 aliphatic heterocycles. The highest BCUT2D eigenvalue weighted by molar-refractivity contribution is 9.10. The topological polar surface area (TPSA) is 42.5 Å². The first kappa shape index (κ1) is 19.5. The van der Waals surface area contributed by atoms with Gasteiger partial charge < -0.3 is 0 Å². The van der Waals surface area contributed by atoms with Crippen molar-refractivity contribution in [3.05, 3.63) is 98.3 Å². The first-order chi connectivity index (χ1) is 14.1. The van der Waals surface area contributed by atoms with Crippen molar-refractivity contribution in [1.82, 2.24) is 9.66 Å². The number of hydrogen-bond donors (Lipinski definition) is 0. The van der Waals surface area contributed by atoms with Gasteiger partial charge in [-0.15, -0.1) is 11.3 Å². The largest absolute Gasteiger partial charge is 0.255 e. The van der Waals surface area contributed by atoms with Crippen LogP contribution in [-0.4, -0.2) is 15.9 Å². The van der Waals surface area contributed by atoms with Crippen LogP contribution in [0.3, 0.4) is 0 Å². The molecule has 0 aliphatic carbocycles. The molecule has 0 unspecified atom stereocenters. The van der Waals surface area contributed by atoms with E-state index in [1.165, 1.54) is 5.56 Å². The van der Waals surface area contributed by atoms with E-state index in [4.69, 9.17) is 10.1 Å². The number of aryl methyl sites for hydroxylation is 2. The third-order valence-corrected chi connectivity index (χ3v) is 5.69. The van der Waals surface area contributed by atoms with Crippen LogP contribution in [0.25, 0.3) is 11.3 Å². The SMILES string of the molecule is Cc1ccc(C)c(N=c2scc(-c3cccc(Br)c3)n2N=Cc2ccccn2)c1. The number of pyridine rings is 1. The van der Waals surface area contributed by atoms with Crippen LogP contribution in [0.2, 0.25) is 0 Å². The summed E-state index contributed by atoms with van der Waals surface area (Å²) in [6.45, 7) is 4.15. The molecule has 0 N–H and O–H groups in total. The van der Waals surface area contributed by atoms with Crippen LogP contribution in [0.1, 0.15) is 16.8 Å². The maximum Gasteiger partial charge on any atom is 0.211 e. The Balaban J connectivity index is 1.88. The van der Waals surface area contributed by atoms with Gasteiger partial charge in [-0.05, 0) is 55.3 Å². The highest BCUT2D eigenvalue weighted by Gasteiger charge is 2.09. The molecule has 0 aliphatic rings. The number of hydrogen-bond acceptors (Lipinski definition) is 4. The summed E-state index contributed by atoms with van der Waals surface area (Å²) in [6, 6.07) is 20.2. The summed E-state index contributed by atoms with van der Waals surface area (Å²) in [5.74, 6) is 0. The monoisotopic (exact) mass is 462 g/mol. The van der Waals surface area contributed by atoms with Crippen LogP contribution in [0.15, 0.2) is 86.8 Å². The number of thiazole rings is 1. The van der Waals surface area contributed by atoms with Crippen molar-refractivity contribution in [3.63, 3.8) is 0 Å². The second kappa shape index (κ2) is 8.68. The Morgan fingerprint density at radius 1 is 1.03 bits per heavy atom. The third-order valence-electron chi connectivity index (χ3n) is 4.38. The quantitative estimate of drug-likeness (QED) is 0.337. The molecule has 144 valence electrons. The molecule has 4 rings (SSSR count). The fraction of sp³-hybridized carbons (Fsp3) is 0.0870. The van der Waals surface area contributed by atoms with E-state index in [1.807, 2.05) is 35.0 Å². The van der Waals surface area contributed by atoms with E-state index >= 15 is 0 Å². The molecule has 0 spiro atoms. The fourth-order valence-corrected chi connectivity index (χ4v) is 4.10. The Bertz CT molecular complexity index is 1240. The summed E-state index contributed by atoms with van der Waals surface area (Å²) < 4.78 is 2.90. The van der Waals surface area contributed by atoms with Gasteiger partial charge in [-0.25, -0.2) is 9.67 Å². The standard InChI is InChI=1S/C23H19BrN4S/c1-16-9-10-17(2)21(12-16)27-23-28(26-14-20-8-3-4-11-25-20)22(15-29-23)18-6-5-7-19(24)13-18/h3-15H,1-2H3. The van der Waals surface area contributed by atoms with E-state index in [0.717, 1.165) is 37.5 Å². The molecule has 4 aromatic rings. The van der Waals surface area contributed by atoms with E-state index < -0.39 is 0 Å². The minimum Gasteiger partial charge on any atom is -0.255 e. The highest BCUT2D eigenvalue weighted by atomic mass is 79.9. The van der Waals surface area contributed by atoms with Gasteiger partial charge in [-0.2, -0.15) is 5.10 Å². The molecule has 0 fully saturated rings. The molecule has 2 aromatic heterocycles. The molecule has 4 nitrogen and oxygen atoms in total. The molecule has 6 heteroatoms. The first-order valence-corrected chi connectivity index (χ1v) is 10.8. The lowest BCUT2D eigenvalue weighted by Crippen LogP contribution is -2.12. The molecule has 0 saturated carbocycles. The smallest absolute Gasteiger partial charge is 0.211 e. The maximum absolute atomic E-state index is 4.92. The van der Waals surface area contributed by atoms with Gasteiger partial charge in [-0.1, -0.05) is 46.3 Å². The molecule has 0 bridgehead atoms. The van der Waals surface area contributed by atoms with E-state index in [-0.39, 0.29) is 0 Å². The van der Waals surface area contributed by atoms with Crippen LogP contribution >= 0.6 is 27.3 Å². The number of halogens is 1. The Hall–Kier alpha value is -2.83. The summed E-state index contributed by atoms with van der Waals surface area (Å²) in [6.07, 6.45) is 3.52. The van der Waals surface area contributed by atoms with E-state index in [1.54, 1.807) is 23.7 Å². The molecule has 0 atom stereocenters. The van der Waals surface area contributed by atoms with Gasteiger partial charge >= 0.3 is 0 Å². The molecular weight excluding hydrogens is 444 g/mol. The van der Waals surface area contributed by atoms with Gasteiger partial charge in [0, 0.05) is 21.6 Å². The van der Waals surface area contributed by atoms with Crippen LogP contribution in [0.4, 0.5) is 5.69 Å². The van der Waals surface area contributed by atoms with E-state index in [0.29, 0.717) is 0 Å². The molecule has 0 saturated heterocycles. The molecule has 29 heavy (non-hydrogen) atoms. The van der Waals surface area contributed by atoms with Gasteiger partial charge in [0.15, 0.2) is 0 Å². The van der Waals surface area contributed by atoms with E-state index in [2.05, 4.69) is 70.5 Å². The predicted molar refractivity (Wildman–Crippen MR) is 124 cm³/mol. The zero-order valence-electron chi connectivity index (χ0n) is 16.1. The summed E-state index contributed by atoms with van der Waals surface area (Å²) in [5, 5.41) is 6.81. The van der Waals surface area contributed by atoms with Gasteiger partial charge in [0.2, 0.25) is 4.80 Å². The van der Waals surface area contributed by atoms with Crippen LogP contribution in [0, 0.1) is 13.8 Å². The number of nitrogens with zero attached hydrogens (tertiary/aromatic N) is 4. The minimum atomic E-state index is 0.795. The molecular formula is C23H19BrN4S. The van der Waals surface area contributed by atoms with Gasteiger partial charge in [0.25, 0.3) is 0 Å². The van der Waals surface area contributed by atoms with Gasteiger partial charge in [0.1, 0.15) is 0 Å². The van der Waals surface area contributed by atoms with Crippen molar-refractivity contribution in [2.75, 3.05) is 0 Å². The molecule has 2 aromatic carbocycles. The summed E-state index contributed by atoms with van der Waals surface area (Å²) in [7, 11) is 0. The second-order valence-corrected chi connectivity index (χ2v) is 8.38. The molecule has 0 amide bonds. The average Bonchev–Trinajstić information content (AvgIpc) is 3.12. The third kappa shape index (κ3) is 4.60. The van der Waals surface area contributed by atoms with Crippen LogP contribution in [-0.2, 0) is 0 Å². The Morgan fingerprint density at radius 2 is 1.93 bits per heavy atom. The van der Waals surface area contributed by atoms with Crippen LogP contribution in [0.5, 0.6) is 0 Å². The normalized spacial score (nSPS) is 12.0. The number of aromatic nitrogens is 2. The molecule has 2 heterocycles. The number of rotatable bonds is 4. The minimum absolute atomic E-state index is 0.795. The molecule has 0 radical (unpaired) electrons. The van der Waals surface area contributed by atoms with Gasteiger partial charge in [0.05, 0.1) is 23.3 Å². The Kier molecular flexibility index (Phi) is 5.83. The summed E-state index contributed by atoms with van der Waals surface area (Å²) in [4.78, 5) is 10.1. The maximum atomic E-state index is 4.92. The lowest BCUT2D eigenvalue weighted by atomic mass is 10.1. The van der Waals surface area contributed by atoms with Crippen LogP contribution < -0.4 is 4.80 Å².